The number of amidine groups is 1. The van der Waals surface area contributed by atoms with Gasteiger partial charge in [0.15, 0.2) is 0 Å². The lowest BCUT2D eigenvalue weighted by Gasteiger charge is -2.34. The molecule has 0 saturated heterocycles. The summed E-state index contributed by atoms with van der Waals surface area (Å²) in [6.07, 6.45) is 0.114. The van der Waals surface area contributed by atoms with Gasteiger partial charge in [-0.15, -0.1) is 0 Å². The molecule has 0 spiro atoms. The second-order valence-corrected chi connectivity index (χ2v) is 5.05. The molecule has 1 fully saturated rings. The molecule has 0 bridgehead atoms. The van der Waals surface area contributed by atoms with E-state index in [1.54, 1.807) is 0 Å². The van der Waals surface area contributed by atoms with E-state index in [9.17, 15) is 18.3 Å². The Balaban J connectivity index is 2.09. The zero-order valence-corrected chi connectivity index (χ0v) is 10.5. The monoisotopic (exact) mass is 277 g/mol. The minimum Gasteiger partial charge on any atom is -0.387 e. The molecule has 4 nitrogen and oxygen atoms in total. The van der Waals surface area contributed by atoms with Gasteiger partial charge in [-0.2, -0.15) is 13.2 Å². The molecular weight excluding hydrogens is 259 g/mol. The fourth-order valence-corrected chi connectivity index (χ4v) is 2.54. The van der Waals surface area contributed by atoms with E-state index in [1.165, 1.54) is 6.42 Å². The fraction of sp³-hybridized carbons (Fsp3) is 0.750. The Morgan fingerprint density at radius 2 is 1.95 bits per heavy atom. The highest BCUT2D eigenvalue weighted by molar-refractivity contribution is 6.00. The lowest BCUT2D eigenvalue weighted by Crippen LogP contribution is -2.48. The standard InChI is InChI=1S/C12H18F3N3O/c13-12(14,15)9-6-8(10(9)19)11(18-16)17-7-4-2-1-3-5-7/h6-7,9-10,19H,1-5,16H2,(H,17,18)/t9?,10-/m1/s1. The normalized spacial score (nSPS) is 29.7. The summed E-state index contributed by atoms with van der Waals surface area (Å²) >= 11 is 0. The number of aliphatic hydroxyl groups excluding tert-OH is 1. The minimum absolute atomic E-state index is 0.0813. The van der Waals surface area contributed by atoms with Gasteiger partial charge in [0.05, 0.1) is 12.1 Å². The maximum Gasteiger partial charge on any atom is 0.398 e. The predicted octanol–water partition coefficient (Wildman–Crippen LogP) is 1.66. The lowest BCUT2D eigenvalue weighted by atomic mass is 9.81. The maximum absolute atomic E-state index is 12.5. The summed E-state index contributed by atoms with van der Waals surface area (Å²) in [7, 11) is 0. The molecule has 1 saturated carbocycles. The second kappa shape index (κ2) is 5.50. The van der Waals surface area contributed by atoms with Crippen molar-refractivity contribution in [1.82, 2.24) is 5.43 Å². The van der Waals surface area contributed by atoms with Crippen LogP contribution < -0.4 is 11.3 Å². The van der Waals surface area contributed by atoms with Crippen molar-refractivity contribution >= 4 is 5.84 Å². The first-order valence-corrected chi connectivity index (χ1v) is 6.44. The van der Waals surface area contributed by atoms with Gasteiger partial charge in [-0.25, -0.2) is 5.84 Å². The van der Waals surface area contributed by atoms with Crippen LogP contribution in [0.15, 0.2) is 16.6 Å². The molecule has 0 radical (unpaired) electrons. The number of rotatable bonds is 2. The first-order valence-electron chi connectivity index (χ1n) is 6.44. The number of nitrogens with one attached hydrogen (secondary N) is 1. The number of nitrogens with zero attached hydrogens (tertiary/aromatic N) is 1. The van der Waals surface area contributed by atoms with Gasteiger partial charge in [0.2, 0.25) is 0 Å². The number of hydrogen-bond donors (Lipinski definition) is 3. The molecule has 2 aliphatic rings. The van der Waals surface area contributed by atoms with Crippen molar-refractivity contribution in [3.63, 3.8) is 0 Å². The summed E-state index contributed by atoms with van der Waals surface area (Å²) in [5, 5.41) is 9.57. The van der Waals surface area contributed by atoms with Crippen LogP contribution in [0, 0.1) is 5.92 Å². The predicted molar refractivity (Wildman–Crippen MR) is 65.3 cm³/mol. The fourth-order valence-electron chi connectivity index (χ4n) is 2.54. The smallest absolute Gasteiger partial charge is 0.387 e. The summed E-state index contributed by atoms with van der Waals surface area (Å²) in [6.45, 7) is 0. The van der Waals surface area contributed by atoms with Crippen molar-refractivity contribution in [1.29, 1.82) is 0 Å². The average molecular weight is 277 g/mol. The number of alkyl halides is 3. The van der Waals surface area contributed by atoms with Gasteiger partial charge >= 0.3 is 6.18 Å². The third kappa shape index (κ3) is 3.09. The zero-order chi connectivity index (χ0) is 14.0. The van der Waals surface area contributed by atoms with Crippen LogP contribution in [-0.4, -0.2) is 29.3 Å². The molecule has 19 heavy (non-hydrogen) atoms. The molecule has 1 unspecified atom stereocenters. The highest BCUT2D eigenvalue weighted by Crippen LogP contribution is 2.40. The molecule has 2 aliphatic carbocycles. The Kier molecular flexibility index (Phi) is 4.15. The van der Waals surface area contributed by atoms with E-state index in [1.807, 2.05) is 0 Å². The second-order valence-electron chi connectivity index (χ2n) is 5.05. The number of hydrazine groups is 1. The topological polar surface area (TPSA) is 70.6 Å². The van der Waals surface area contributed by atoms with Gasteiger partial charge in [0.25, 0.3) is 0 Å². The zero-order valence-electron chi connectivity index (χ0n) is 10.5. The quantitative estimate of drug-likeness (QED) is 0.311. The molecule has 2 atom stereocenters. The molecule has 108 valence electrons. The molecule has 0 aromatic rings. The van der Waals surface area contributed by atoms with Crippen molar-refractivity contribution in [3.05, 3.63) is 11.6 Å². The van der Waals surface area contributed by atoms with Crippen molar-refractivity contribution in [2.45, 2.75) is 50.4 Å². The highest BCUT2D eigenvalue weighted by atomic mass is 19.4. The van der Waals surface area contributed by atoms with E-state index < -0.39 is 18.2 Å². The largest absolute Gasteiger partial charge is 0.398 e. The minimum atomic E-state index is -4.42. The van der Waals surface area contributed by atoms with Crippen LogP contribution in [0.4, 0.5) is 13.2 Å². The van der Waals surface area contributed by atoms with E-state index >= 15 is 0 Å². The van der Waals surface area contributed by atoms with Crippen LogP contribution in [0.5, 0.6) is 0 Å². The average Bonchev–Trinajstić information content (AvgIpc) is 2.35. The van der Waals surface area contributed by atoms with E-state index in [0.29, 0.717) is 0 Å². The van der Waals surface area contributed by atoms with Gasteiger partial charge in [0, 0.05) is 5.57 Å². The summed E-state index contributed by atoms with van der Waals surface area (Å²) in [5.41, 5.74) is 2.46. The summed E-state index contributed by atoms with van der Waals surface area (Å²) in [5.74, 6) is 3.67. The third-order valence-electron chi connectivity index (χ3n) is 3.69. The Morgan fingerprint density at radius 1 is 1.32 bits per heavy atom. The van der Waals surface area contributed by atoms with Crippen LogP contribution >= 0.6 is 0 Å². The lowest BCUT2D eigenvalue weighted by molar-refractivity contribution is -0.186. The van der Waals surface area contributed by atoms with Gasteiger partial charge < -0.3 is 10.5 Å². The van der Waals surface area contributed by atoms with Gasteiger partial charge in [-0.1, -0.05) is 25.3 Å². The SMILES string of the molecule is NNC(=NC1CCCCC1)C1=CC(C(F)(F)F)[C@@H]1O. The van der Waals surface area contributed by atoms with Crippen molar-refractivity contribution in [3.8, 4) is 0 Å². The Labute approximate surface area is 109 Å². The van der Waals surface area contributed by atoms with Crippen LogP contribution in [0.2, 0.25) is 0 Å². The summed E-state index contributed by atoms with van der Waals surface area (Å²) in [4.78, 5) is 4.33. The summed E-state index contributed by atoms with van der Waals surface area (Å²) < 4.78 is 37.4. The van der Waals surface area contributed by atoms with Crippen molar-refractivity contribution in [2.24, 2.45) is 16.8 Å². The Bertz CT molecular complexity index is 386. The molecule has 0 amide bonds. The molecule has 0 aromatic heterocycles. The molecule has 7 heteroatoms. The number of halogens is 3. The van der Waals surface area contributed by atoms with E-state index in [2.05, 4.69) is 10.4 Å². The van der Waals surface area contributed by atoms with Gasteiger partial charge in [0.1, 0.15) is 11.8 Å². The molecule has 0 aliphatic heterocycles. The number of aliphatic imine (C=N–C) groups is 1. The Hall–Kier alpha value is -1.08. The molecule has 4 N–H and O–H groups in total. The van der Waals surface area contributed by atoms with Crippen molar-refractivity contribution in [2.75, 3.05) is 0 Å². The van der Waals surface area contributed by atoms with E-state index in [4.69, 9.17) is 5.84 Å². The highest BCUT2D eigenvalue weighted by Gasteiger charge is 2.50. The van der Waals surface area contributed by atoms with Gasteiger partial charge in [-0.3, -0.25) is 4.99 Å². The van der Waals surface area contributed by atoms with Crippen LogP contribution in [0.25, 0.3) is 0 Å². The number of aliphatic hydroxyl groups is 1. The number of nitrogens with two attached hydrogens (primary N) is 1. The van der Waals surface area contributed by atoms with Gasteiger partial charge in [-0.05, 0) is 12.8 Å². The van der Waals surface area contributed by atoms with E-state index in [0.717, 1.165) is 31.8 Å². The van der Waals surface area contributed by atoms with Crippen molar-refractivity contribution < 1.29 is 18.3 Å². The van der Waals surface area contributed by atoms with Crippen LogP contribution in [-0.2, 0) is 0 Å². The van der Waals surface area contributed by atoms with E-state index in [-0.39, 0.29) is 17.5 Å². The molecular formula is C12H18F3N3O. The summed E-state index contributed by atoms with van der Waals surface area (Å²) in [6, 6.07) is 0.0813. The first-order chi connectivity index (χ1) is 8.93. The third-order valence-corrected chi connectivity index (χ3v) is 3.69. The maximum atomic E-state index is 12.5. The Morgan fingerprint density at radius 3 is 2.42 bits per heavy atom. The first kappa shape index (κ1) is 14.3. The molecule has 2 rings (SSSR count). The number of hydrogen-bond acceptors (Lipinski definition) is 3. The molecule has 0 heterocycles. The molecule has 0 aromatic carbocycles. The van der Waals surface area contributed by atoms with Crippen LogP contribution in [0.1, 0.15) is 32.1 Å². The van der Waals surface area contributed by atoms with Crippen LogP contribution in [0.3, 0.4) is 0 Å².